The van der Waals surface area contributed by atoms with Crippen molar-refractivity contribution in [1.82, 2.24) is 20.3 Å². The number of amides is 1. The zero-order valence-electron chi connectivity index (χ0n) is 17.3. The SMILES string of the molecule is O=C(NC1CC1)c1cnccc1Nc1nc(-c2cc(Cl)ccc2F)ncc1N1CCCC1. The second-order valence-electron chi connectivity index (χ2n) is 8.04. The summed E-state index contributed by atoms with van der Waals surface area (Å²) in [5.74, 6) is 0.0834. The van der Waals surface area contributed by atoms with Crippen LogP contribution in [0.15, 0.2) is 42.9 Å². The third kappa shape index (κ3) is 4.36. The fourth-order valence-electron chi connectivity index (χ4n) is 3.76. The van der Waals surface area contributed by atoms with E-state index in [0.29, 0.717) is 22.1 Å². The van der Waals surface area contributed by atoms with Crippen LogP contribution in [0.3, 0.4) is 0 Å². The van der Waals surface area contributed by atoms with Gasteiger partial charge in [-0.1, -0.05) is 11.6 Å². The first-order valence-corrected chi connectivity index (χ1v) is 11.1. The molecule has 1 aliphatic heterocycles. The summed E-state index contributed by atoms with van der Waals surface area (Å²) >= 11 is 6.08. The number of rotatable bonds is 6. The molecule has 1 aliphatic carbocycles. The van der Waals surface area contributed by atoms with E-state index in [9.17, 15) is 9.18 Å². The quantitative estimate of drug-likeness (QED) is 0.570. The van der Waals surface area contributed by atoms with E-state index in [1.807, 2.05) is 0 Å². The second-order valence-corrected chi connectivity index (χ2v) is 8.48. The Bertz CT molecular complexity index is 1160. The summed E-state index contributed by atoms with van der Waals surface area (Å²) in [7, 11) is 0. The number of carbonyl (C=O) groups excluding carboxylic acids is 1. The largest absolute Gasteiger partial charge is 0.367 e. The molecule has 0 bridgehead atoms. The van der Waals surface area contributed by atoms with Gasteiger partial charge in [0.2, 0.25) is 0 Å². The Labute approximate surface area is 190 Å². The number of nitrogens with zero attached hydrogens (tertiary/aromatic N) is 4. The lowest BCUT2D eigenvalue weighted by atomic mass is 10.2. The Morgan fingerprint density at radius 1 is 1.16 bits per heavy atom. The van der Waals surface area contributed by atoms with Crippen molar-refractivity contribution >= 4 is 34.7 Å². The van der Waals surface area contributed by atoms with Crippen molar-refractivity contribution in [2.75, 3.05) is 23.3 Å². The van der Waals surface area contributed by atoms with Gasteiger partial charge in [0.1, 0.15) is 5.82 Å². The highest BCUT2D eigenvalue weighted by molar-refractivity contribution is 6.30. The summed E-state index contributed by atoms with van der Waals surface area (Å²) in [6.07, 6.45) is 8.99. The van der Waals surface area contributed by atoms with E-state index in [1.54, 1.807) is 18.5 Å². The average molecular weight is 453 g/mol. The van der Waals surface area contributed by atoms with Crippen molar-refractivity contribution in [1.29, 1.82) is 0 Å². The number of aromatic nitrogens is 3. The number of nitrogens with one attached hydrogen (secondary N) is 2. The Balaban J connectivity index is 1.54. The molecule has 2 aliphatic rings. The van der Waals surface area contributed by atoms with Gasteiger partial charge >= 0.3 is 0 Å². The van der Waals surface area contributed by atoms with Crippen LogP contribution in [0.1, 0.15) is 36.0 Å². The summed E-state index contributed by atoms with van der Waals surface area (Å²) in [4.78, 5) is 28.1. The fraction of sp³-hybridized carbons (Fsp3) is 0.304. The van der Waals surface area contributed by atoms with Gasteiger partial charge in [0.15, 0.2) is 11.6 Å². The smallest absolute Gasteiger partial charge is 0.255 e. The van der Waals surface area contributed by atoms with Crippen molar-refractivity contribution in [2.24, 2.45) is 0 Å². The molecule has 0 spiro atoms. The van der Waals surface area contributed by atoms with Crippen LogP contribution in [0, 0.1) is 5.82 Å². The summed E-state index contributed by atoms with van der Waals surface area (Å²) in [6, 6.07) is 6.25. The molecule has 0 unspecified atom stereocenters. The maximum atomic E-state index is 14.5. The minimum atomic E-state index is -0.456. The van der Waals surface area contributed by atoms with Crippen LogP contribution in [-0.2, 0) is 0 Å². The van der Waals surface area contributed by atoms with Gasteiger partial charge in [-0.15, -0.1) is 0 Å². The van der Waals surface area contributed by atoms with Gasteiger partial charge < -0.3 is 15.5 Å². The van der Waals surface area contributed by atoms with E-state index >= 15 is 0 Å². The van der Waals surface area contributed by atoms with Crippen molar-refractivity contribution in [2.45, 2.75) is 31.7 Å². The van der Waals surface area contributed by atoms with Gasteiger partial charge in [-0.05, 0) is 49.9 Å². The number of pyridine rings is 1. The van der Waals surface area contributed by atoms with Crippen LogP contribution in [0.2, 0.25) is 5.02 Å². The third-order valence-corrected chi connectivity index (χ3v) is 5.85. The molecule has 7 nitrogen and oxygen atoms in total. The molecule has 3 aromatic rings. The molecular weight excluding hydrogens is 431 g/mol. The van der Waals surface area contributed by atoms with Crippen molar-refractivity contribution in [3.05, 3.63) is 59.3 Å². The van der Waals surface area contributed by atoms with Gasteiger partial charge in [-0.25, -0.2) is 14.4 Å². The van der Waals surface area contributed by atoms with Gasteiger partial charge in [-0.3, -0.25) is 9.78 Å². The highest BCUT2D eigenvalue weighted by atomic mass is 35.5. The van der Waals surface area contributed by atoms with E-state index in [1.165, 1.54) is 24.4 Å². The Morgan fingerprint density at radius 3 is 2.75 bits per heavy atom. The molecule has 32 heavy (non-hydrogen) atoms. The van der Waals surface area contributed by atoms with Gasteiger partial charge in [0, 0.05) is 36.5 Å². The summed E-state index contributed by atoms with van der Waals surface area (Å²) in [5, 5.41) is 6.68. The molecule has 1 saturated carbocycles. The molecule has 2 fully saturated rings. The lowest BCUT2D eigenvalue weighted by molar-refractivity contribution is 0.0951. The van der Waals surface area contributed by atoms with Crippen LogP contribution in [-0.4, -0.2) is 40.0 Å². The molecule has 9 heteroatoms. The third-order valence-electron chi connectivity index (χ3n) is 5.62. The highest BCUT2D eigenvalue weighted by Crippen LogP contribution is 2.33. The van der Waals surface area contributed by atoms with E-state index in [-0.39, 0.29) is 23.3 Å². The van der Waals surface area contributed by atoms with Gasteiger partial charge in [0.25, 0.3) is 5.91 Å². The number of carbonyl (C=O) groups is 1. The van der Waals surface area contributed by atoms with Crippen LogP contribution in [0.25, 0.3) is 11.4 Å². The number of halogens is 2. The molecule has 1 amide bonds. The normalized spacial score (nSPS) is 15.6. The van der Waals surface area contributed by atoms with Crippen LogP contribution in [0.5, 0.6) is 0 Å². The standard InChI is InChI=1S/C23H22ClFN6O/c24-14-3-6-18(25)16(11-14)21-27-13-20(31-9-1-2-10-31)22(30-21)29-19-7-8-26-12-17(19)23(32)28-15-4-5-15/h3,6-8,11-13,15H,1-2,4-5,9-10H2,(H,28,32)(H,26,27,29,30). The summed E-state index contributed by atoms with van der Waals surface area (Å²) in [5.41, 5.74) is 2.03. The molecule has 1 aromatic carbocycles. The fourth-order valence-corrected chi connectivity index (χ4v) is 3.93. The Morgan fingerprint density at radius 2 is 1.97 bits per heavy atom. The maximum Gasteiger partial charge on any atom is 0.255 e. The molecule has 1 saturated heterocycles. The molecule has 2 N–H and O–H groups in total. The van der Waals surface area contributed by atoms with Crippen molar-refractivity contribution in [3.8, 4) is 11.4 Å². The van der Waals surface area contributed by atoms with Gasteiger partial charge in [0.05, 0.1) is 28.7 Å². The molecular formula is C23H22ClFN6O. The first-order chi connectivity index (χ1) is 15.6. The topological polar surface area (TPSA) is 83.0 Å². The van der Waals surface area contributed by atoms with Crippen molar-refractivity contribution in [3.63, 3.8) is 0 Å². The van der Waals surface area contributed by atoms with E-state index in [0.717, 1.165) is 44.5 Å². The molecule has 0 atom stereocenters. The minimum Gasteiger partial charge on any atom is -0.367 e. The number of hydrogen-bond acceptors (Lipinski definition) is 6. The number of hydrogen-bond donors (Lipinski definition) is 2. The molecule has 3 heterocycles. The molecule has 0 radical (unpaired) electrons. The predicted molar refractivity (Wildman–Crippen MR) is 122 cm³/mol. The number of anilines is 3. The van der Waals surface area contributed by atoms with Crippen molar-refractivity contribution < 1.29 is 9.18 Å². The zero-order chi connectivity index (χ0) is 22.1. The lowest BCUT2D eigenvalue weighted by Gasteiger charge is -2.22. The van der Waals surface area contributed by atoms with Crippen LogP contribution in [0.4, 0.5) is 21.6 Å². The summed E-state index contributed by atoms with van der Waals surface area (Å²) in [6.45, 7) is 1.77. The van der Waals surface area contributed by atoms with E-state index in [2.05, 4.69) is 30.5 Å². The molecule has 5 rings (SSSR count). The van der Waals surface area contributed by atoms with Crippen LogP contribution < -0.4 is 15.5 Å². The first-order valence-electron chi connectivity index (χ1n) is 10.7. The summed E-state index contributed by atoms with van der Waals surface area (Å²) < 4.78 is 14.5. The second kappa shape index (κ2) is 8.70. The lowest BCUT2D eigenvalue weighted by Crippen LogP contribution is -2.26. The Kier molecular flexibility index (Phi) is 5.61. The van der Waals surface area contributed by atoms with E-state index < -0.39 is 5.82 Å². The van der Waals surface area contributed by atoms with Gasteiger partial charge in [-0.2, -0.15) is 0 Å². The van der Waals surface area contributed by atoms with E-state index in [4.69, 9.17) is 11.6 Å². The number of benzene rings is 1. The first kappa shape index (κ1) is 20.6. The highest BCUT2D eigenvalue weighted by Gasteiger charge is 2.26. The molecule has 164 valence electrons. The monoisotopic (exact) mass is 452 g/mol. The zero-order valence-corrected chi connectivity index (χ0v) is 18.1. The maximum absolute atomic E-state index is 14.5. The average Bonchev–Trinajstić information content (AvgIpc) is 3.44. The molecule has 2 aromatic heterocycles. The minimum absolute atomic E-state index is 0.180. The van der Waals surface area contributed by atoms with Crippen LogP contribution >= 0.6 is 11.6 Å². The predicted octanol–water partition coefficient (Wildman–Crippen LogP) is 4.57. The Hall–Kier alpha value is -3.26.